The van der Waals surface area contributed by atoms with E-state index < -0.39 is 0 Å². The van der Waals surface area contributed by atoms with Crippen molar-refractivity contribution in [3.8, 4) is 0 Å². The minimum Gasteiger partial charge on any atom is -0.352 e. The third-order valence-electron chi connectivity index (χ3n) is 5.08. The van der Waals surface area contributed by atoms with Gasteiger partial charge >= 0.3 is 0 Å². The Bertz CT molecular complexity index is 847. The summed E-state index contributed by atoms with van der Waals surface area (Å²) in [6.45, 7) is 6.32. The molecule has 1 aliphatic heterocycles. The lowest BCUT2D eigenvalue weighted by molar-refractivity contribution is 0.0943. The van der Waals surface area contributed by atoms with Crippen LogP contribution in [0.2, 0.25) is 0 Å². The maximum absolute atomic E-state index is 12.5. The van der Waals surface area contributed by atoms with Gasteiger partial charge in [-0.15, -0.1) is 0 Å². The summed E-state index contributed by atoms with van der Waals surface area (Å²) in [5.74, 6) is 0.962. The molecule has 0 radical (unpaired) electrons. The molecule has 144 valence electrons. The Morgan fingerprint density at radius 3 is 2.74 bits per heavy atom. The van der Waals surface area contributed by atoms with E-state index in [1.54, 1.807) is 36.1 Å². The van der Waals surface area contributed by atoms with E-state index in [9.17, 15) is 9.59 Å². The van der Waals surface area contributed by atoms with Crippen molar-refractivity contribution >= 4 is 11.9 Å². The predicted molar refractivity (Wildman–Crippen MR) is 105 cm³/mol. The minimum atomic E-state index is -0.306. The van der Waals surface area contributed by atoms with Crippen molar-refractivity contribution in [1.82, 2.24) is 19.9 Å². The largest absolute Gasteiger partial charge is 0.352 e. The fraction of sp³-hybridized carbons (Fsp3) is 0.500. The second-order valence-corrected chi connectivity index (χ2v) is 7.40. The molecule has 0 aliphatic carbocycles. The van der Waals surface area contributed by atoms with E-state index in [-0.39, 0.29) is 22.9 Å². The summed E-state index contributed by atoms with van der Waals surface area (Å²) < 4.78 is 1.56. The first-order valence-corrected chi connectivity index (χ1v) is 9.47. The Balaban J connectivity index is 1.62. The van der Waals surface area contributed by atoms with E-state index in [2.05, 4.69) is 20.2 Å². The second-order valence-electron chi connectivity index (χ2n) is 7.40. The first-order valence-electron chi connectivity index (χ1n) is 9.47. The first kappa shape index (κ1) is 19.1. The molecule has 2 aromatic heterocycles. The summed E-state index contributed by atoms with van der Waals surface area (Å²) in [5.41, 5.74) is 0.866. The molecule has 0 aromatic carbocycles. The lowest BCUT2D eigenvalue weighted by atomic mass is 9.98. The molecule has 0 saturated carbocycles. The molecule has 0 spiro atoms. The van der Waals surface area contributed by atoms with Crippen molar-refractivity contribution in [3.63, 3.8) is 0 Å². The zero-order valence-corrected chi connectivity index (χ0v) is 16.2. The number of hydrogen-bond donors (Lipinski definition) is 1. The zero-order valence-electron chi connectivity index (χ0n) is 16.2. The molecule has 1 unspecified atom stereocenters. The topological polar surface area (TPSA) is 80.1 Å². The van der Waals surface area contributed by atoms with Crippen molar-refractivity contribution in [2.75, 3.05) is 24.5 Å². The molecule has 3 rings (SSSR count). The Kier molecular flexibility index (Phi) is 5.88. The fourth-order valence-electron chi connectivity index (χ4n) is 3.60. The van der Waals surface area contributed by atoms with Crippen molar-refractivity contribution in [2.45, 2.75) is 32.6 Å². The standard InChI is InChI=1S/C20H27N5O2/c1-14(2)17-8-7-16(19(27)24(17)3)18(26)23-12-15-6-4-11-25(13-15)20-21-9-5-10-22-20/h5,7-10,14-15H,4,6,11-13H2,1-3H3,(H,23,26). The maximum Gasteiger partial charge on any atom is 0.263 e. The number of nitrogens with one attached hydrogen (secondary N) is 1. The van der Waals surface area contributed by atoms with Crippen LogP contribution in [-0.4, -0.2) is 40.1 Å². The zero-order chi connectivity index (χ0) is 19.4. The van der Waals surface area contributed by atoms with E-state index >= 15 is 0 Å². The van der Waals surface area contributed by atoms with E-state index in [0.717, 1.165) is 37.6 Å². The van der Waals surface area contributed by atoms with E-state index in [1.807, 2.05) is 19.9 Å². The van der Waals surface area contributed by atoms with Crippen molar-refractivity contribution in [1.29, 1.82) is 0 Å². The fourth-order valence-corrected chi connectivity index (χ4v) is 3.60. The predicted octanol–water partition coefficient (Wildman–Crippen LogP) is 1.95. The van der Waals surface area contributed by atoms with Crippen LogP contribution in [0.4, 0.5) is 5.95 Å². The molecule has 3 heterocycles. The average molecular weight is 369 g/mol. The first-order chi connectivity index (χ1) is 13.0. The van der Waals surface area contributed by atoms with Crippen LogP contribution < -0.4 is 15.8 Å². The van der Waals surface area contributed by atoms with Crippen molar-refractivity contribution < 1.29 is 4.79 Å². The number of pyridine rings is 1. The molecule has 0 bridgehead atoms. The highest BCUT2D eigenvalue weighted by Gasteiger charge is 2.23. The summed E-state index contributed by atoms with van der Waals surface area (Å²) >= 11 is 0. The van der Waals surface area contributed by atoms with E-state index in [0.29, 0.717) is 12.5 Å². The number of nitrogens with zero attached hydrogens (tertiary/aromatic N) is 4. The summed E-state index contributed by atoms with van der Waals surface area (Å²) in [7, 11) is 1.72. The summed E-state index contributed by atoms with van der Waals surface area (Å²) in [6.07, 6.45) is 5.55. The smallest absolute Gasteiger partial charge is 0.263 e. The number of piperidine rings is 1. The number of carbonyl (C=O) groups excluding carboxylic acids is 1. The third kappa shape index (κ3) is 4.35. The summed E-state index contributed by atoms with van der Waals surface area (Å²) in [6, 6.07) is 5.30. The summed E-state index contributed by atoms with van der Waals surface area (Å²) in [4.78, 5) is 35.8. The Labute approximate surface area is 159 Å². The van der Waals surface area contributed by atoms with Crippen LogP contribution in [0.15, 0.2) is 35.4 Å². The van der Waals surface area contributed by atoms with Gasteiger partial charge in [-0.1, -0.05) is 13.8 Å². The van der Waals surface area contributed by atoms with Crippen LogP contribution in [0.5, 0.6) is 0 Å². The SMILES string of the molecule is CC(C)c1ccc(C(=O)NCC2CCCN(c3ncccn3)C2)c(=O)n1C. The van der Waals surface area contributed by atoms with Crippen molar-refractivity contribution in [3.05, 3.63) is 52.2 Å². The molecule has 1 N–H and O–H groups in total. The maximum atomic E-state index is 12.5. The summed E-state index contributed by atoms with van der Waals surface area (Å²) in [5, 5.41) is 2.94. The van der Waals surface area contributed by atoms with Crippen LogP contribution in [0, 0.1) is 5.92 Å². The molecule has 1 aliphatic rings. The molecule has 1 amide bonds. The number of rotatable bonds is 5. The second kappa shape index (κ2) is 8.33. The van der Waals surface area contributed by atoms with E-state index in [1.165, 1.54) is 0 Å². The highest BCUT2D eigenvalue weighted by molar-refractivity contribution is 5.93. The van der Waals surface area contributed by atoms with Gasteiger partial charge in [-0.2, -0.15) is 0 Å². The molecular weight excluding hydrogens is 342 g/mol. The lowest BCUT2D eigenvalue weighted by Crippen LogP contribution is -2.42. The van der Waals surface area contributed by atoms with Crippen LogP contribution in [0.25, 0.3) is 0 Å². The molecule has 1 saturated heterocycles. The normalized spacial score (nSPS) is 17.2. The van der Waals surface area contributed by atoms with Crippen LogP contribution in [0.1, 0.15) is 48.7 Å². The van der Waals surface area contributed by atoms with Gasteiger partial charge in [0.05, 0.1) is 0 Å². The number of carbonyl (C=O) groups is 1. The van der Waals surface area contributed by atoms with Gasteiger partial charge in [0.2, 0.25) is 5.95 Å². The van der Waals surface area contributed by atoms with Gasteiger partial charge in [-0.25, -0.2) is 9.97 Å². The number of hydrogen-bond acceptors (Lipinski definition) is 5. The van der Waals surface area contributed by atoms with E-state index in [4.69, 9.17) is 0 Å². The van der Waals surface area contributed by atoms with Crippen molar-refractivity contribution in [2.24, 2.45) is 13.0 Å². The van der Waals surface area contributed by atoms with Crippen LogP contribution >= 0.6 is 0 Å². The number of anilines is 1. The van der Waals surface area contributed by atoms with Crippen LogP contribution in [0.3, 0.4) is 0 Å². The quantitative estimate of drug-likeness (QED) is 0.871. The van der Waals surface area contributed by atoms with Gasteiger partial charge in [0.15, 0.2) is 0 Å². The third-order valence-corrected chi connectivity index (χ3v) is 5.08. The van der Waals surface area contributed by atoms with Gasteiger partial charge in [0.25, 0.3) is 11.5 Å². The monoisotopic (exact) mass is 369 g/mol. The highest BCUT2D eigenvalue weighted by atomic mass is 16.2. The molecular formula is C20H27N5O2. The van der Waals surface area contributed by atoms with Gasteiger partial charge in [-0.3, -0.25) is 9.59 Å². The molecule has 1 atom stereocenters. The molecule has 7 heteroatoms. The molecule has 1 fully saturated rings. The number of aromatic nitrogens is 3. The molecule has 2 aromatic rings. The highest BCUT2D eigenvalue weighted by Crippen LogP contribution is 2.19. The Hall–Kier alpha value is -2.70. The van der Waals surface area contributed by atoms with Gasteiger partial charge in [-0.05, 0) is 42.9 Å². The Morgan fingerprint density at radius 1 is 1.30 bits per heavy atom. The van der Waals surface area contributed by atoms with Gasteiger partial charge < -0.3 is 14.8 Å². The Morgan fingerprint density at radius 2 is 2.04 bits per heavy atom. The van der Waals surface area contributed by atoms with Gasteiger partial charge in [0.1, 0.15) is 5.56 Å². The van der Waals surface area contributed by atoms with Gasteiger partial charge in [0, 0.05) is 44.8 Å². The lowest BCUT2D eigenvalue weighted by Gasteiger charge is -2.32. The molecule has 27 heavy (non-hydrogen) atoms. The number of amides is 1. The molecule has 7 nitrogen and oxygen atoms in total. The van der Waals surface area contributed by atoms with Crippen LogP contribution in [-0.2, 0) is 7.05 Å². The minimum absolute atomic E-state index is 0.195. The average Bonchev–Trinajstić information content (AvgIpc) is 2.69.